The van der Waals surface area contributed by atoms with Crippen molar-refractivity contribution in [3.8, 4) is 0 Å². The second-order valence-corrected chi connectivity index (χ2v) is 7.61. The summed E-state index contributed by atoms with van der Waals surface area (Å²) in [6, 6.07) is 14.9. The van der Waals surface area contributed by atoms with Crippen molar-refractivity contribution in [1.82, 2.24) is 4.57 Å². The number of nitrogens with zero attached hydrogens (tertiary/aromatic N) is 2. The molecular formula is C24H26N2O3. The van der Waals surface area contributed by atoms with Gasteiger partial charge in [-0.05, 0) is 61.6 Å². The summed E-state index contributed by atoms with van der Waals surface area (Å²) in [6.45, 7) is 0.352. The lowest BCUT2D eigenvalue weighted by Crippen LogP contribution is -2.36. The van der Waals surface area contributed by atoms with Gasteiger partial charge in [0.15, 0.2) is 0 Å². The Morgan fingerprint density at radius 1 is 1.03 bits per heavy atom. The fourth-order valence-corrected chi connectivity index (χ4v) is 4.06. The molecule has 0 aliphatic heterocycles. The van der Waals surface area contributed by atoms with Gasteiger partial charge in [0.05, 0.1) is 12.8 Å². The lowest BCUT2D eigenvalue weighted by molar-refractivity contribution is 0.0990. The van der Waals surface area contributed by atoms with Crippen LogP contribution in [0.1, 0.15) is 53.1 Å². The maximum Gasteiger partial charge on any atom is 0.264 e. The molecule has 0 N–H and O–H groups in total. The standard InChI is InChI=1S/C24H26N2O3/c1-25(19-11-6-4-7-12-19)23(27)21-16-18-10-5-2-3-8-14-22(18)26(24(21)28)17-20-13-9-15-29-20/h4,6-7,9,11-13,15-16H,2-3,5,8,10,14,17H2,1H3. The van der Waals surface area contributed by atoms with Gasteiger partial charge in [0, 0.05) is 18.4 Å². The van der Waals surface area contributed by atoms with Gasteiger partial charge in [-0.1, -0.05) is 31.0 Å². The number of aryl methyl sites for hydroxylation is 1. The highest BCUT2D eigenvalue weighted by Crippen LogP contribution is 2.22. The Balaban J connectivity index is 1.80. The number of benzene rings is 1. The molecule has 0 bridgehead atoms. The van der Waals surface area contributed by atoms with Gasteiger partial charge in [-0.2, -0.15) is 0 Å². The summed E-state index contributed by atoms with van der Waals surface area (Å²) in [4.78, 5) is 28.2. The molecule has 2 heterocycles. The normalized spacial score (nSPS) is 14.0. The van der Waals surface area contributed by atoms with Crippen molar-refractivity contribution >= 4 is 11.6 Å². The van der Waals surface area contributed by atoms with Crippen LogP contribution >= 0.6 is 0 Å². The molecule has 5 heteroatoms. The number of hydrogen-bond donors (Lipinski definition) is 0. The number of carbonyl (C=O) groups excluding carboxylic acids is 1. The molecule has 0 unspecified atom stereocenters. The highest BCUT2D eigenvalue weighted by Gasteiger charge is 2.23. The molecule has 4 rings (SSSR count). The van der Waals surface area contributed by atoms with E-state index in [0.29, 0.717) is 6.54 Å². The highest BCUT2D eigenvalue weighted by molar-refractivity contribution is 6.05. The van der Waals surface area contributed by atoms with E-state index in [1.807, 2.05) is 48.5 Å². The van der Waals surface area contributed by atoms with E-state index in [1.165, 1.54) is 12.8 Å². The van der Waals surface area contributed by atoms with Crippen molar-refractivity contribution in [1.29, 1.82) is 0 Å². The molecule has 1 amide bonds. The molecule has 1 aromatic carbocycles. The largest absolute Gasteiger partial charge is 0.467 e. The second kappa shape index (κ2) is 8.52. The van der Waals surface area contributed by atoms with Gasteiger partial charge in [0.2, 0.25) is 0 Å². The third kappa shape index (κ3) is 4.04. The maximum absolute atomic E-state index is 13.4. The van der Waals surface area contributed by atoms with Crippen molar-refractivity contribution in [2.75, 3.05) is 11.9 Å². The van der Waals surface area contributed by atoms with Crippen LogP contribution < -0.4 is 10.5 Å². The van der Waals surface area contributed by atoms with Crippen LogP contribution in [0.4, 0.5) is 5.69 Å². The van der Waals surface area contributed by atoms with Crippen molar-refractivity contribution in [3.05, 3.63) is 87.7 Å². The summed E-state index contributed by atoms with van der Waals surface area (Å²) in [5, 5.41) is 0. The van der Waals surface area contributed by atoms with Crippen LogP contribution in [0.2, 0.25) is 0 Å². The van der Waals surface area contributed by atoms with Crippen LogP contribution in [0.25, 0.3) is 0 Å². The SMILES string of the molecule is CN(C(=O)c1cc2c(n(Cc3ccco3)c1=O)CCCCCC2)c1ccccc1. The molecule has 3 aromatic rings. The molecule has 150 valence electrons. The number of aromatic nitrogens is 1. The molecule has 0 saturated carbocycles. The monoisotopic (exact) mass is 390 g/mol. The maximum atomic E-state index is 13.4. The number of furan rings is 1. The van der Waals surface area contributed by atoms with Crippen LogP contribution in [-0.4, -0.2) is 17.5 Å². The Kier molecular flexibility index (Phi) is 5.65. The fraction of sp³-hybridized carbons (Fsp3) is 0.333. The van der Waals surface area contributed by atoms with Crippen molar-refractivity contribution in [2.45, 2.75) is 45.1 Å². The molecule has 0 fully saturated rings. The average Bonchev–Trinajstić information content (AvgIpc) is 3.24. The van der Waals surface area contributed by atoms with Gasteiger partial charge in [0.25, 0.3) is 11.5 Å². The minimum atomic E-state index is -0.278. The lowest BCUT2D eigenvalue weighted by Gasteiger charge is -2.22. The third-order valence-electron chi connectivity index (χ3n) is 5.67. The van der Waals surface area contributed by atoms with Crippen LogP contribution in [0.5, 0.6) is 0 Å². The van der Waals surface area contributed by atoms with Crippen molar-refractivity contribution < 1.29 is 9.21 Å². The van der Waals surface area contributed by atoms with Crippen molar-refractivity contribution in [2.24, 2.45) is 0 Å². The number of pyridine rings is 1. The van der Waals surface area contributed by atoms with Crippen LogP contribution in [0, 0.1) is 0 Å². The molecule has 0 spiro atoms. The Bertz CT molecular complexity index is 1040. The van der Waals surface area contributed by atoms with Gasteiger partial charge < -0.3 is 13.9 Å². The fourth-order valence-electron chi connectivity index (χ4n) is 4.06. The van der Waals surface area contributed by atoms with E-state index in [0.717, 1.165) is 48.4 Å². The molecule has 5 nitrogen and oxygen atoms in total. The molecule has 29 heavy (non-hydrogen) atoms. The summed E-state index contributed by atoms with van der Waals surface area (Å²) in [6.07, 6.45) is 7.85. The Labute approximate surface area is 170 Å². The lowest BCUT2D eigenvalue weighted by atomic mass is 9.95. The molecule has 0 radical (unpaired) electrons. The predicted molar refractivity (Wildman–Crippen MR) is 114 cm³/mol. The van der Waals surface area contributed by atoms with E-state index in [1.54, 1.807) is 22.8 Å². The topological polar surface area (TPSA) is 55.5 Å². The summed E-state index contributed by atoms with van der Waals surface area (Å²) in [7, 11) is 1.71. The molecule has 2 aromatic heterocycles. The second-order valence-electron chi connectivity index (χ2n) is 7.61. The van der Waals surface area contributed by atoms with Gasteiger partial charge in [-0.25, -0.2) is 0 Å². The number of anilines is 1. The Morgan fingerprint density at radius 2 is 1.79 bits per heavy atom. The zero-order valence-electron chi connectivity index (χ0n) is 16.8. The van der Waals surface area contributed by atoms with E-state index >= 15 is 0 Å². The molecule has 1 aliphatic rings. The number of fused-ring (bicyclic) bond motifs is 1. The summed E-state index contributed by atoms with van der Waals surface area (Å²) >= 11 is 0. The first-order chi connectivity index (χ1) is 14.1. The molecular weight excluding hydrogens is 364 g/mol. The van der Waals surface area contributed by atoms with Crippen LogP contribution in [-0.2, 0) is 19.4 Å². The zero-order valence-corrected chi connectivity index (χ0v) is 16.8. The van der Waals surface area contributed by atoms with E-state index in [9.17, 15) is 9.59 Å². The first-order valence-corrected chi connectivity index (χ1v) is 10.3. The van der Waals surface area contributed by atoms with E-state index in [4.69, 9.17) is 4.42 Å². The minimum absolute atomic E-state index is 0.224. The van der Waals surface area contributed by atoms with E-state index in [-0.39, 0.29) is 17.0 Å². The summed E-state index contributed by atoms with van der Waals surface area (Å²) < 4.78 is 7.26. The van der Waals surface area contributed by atoms with Gasteiger partial charge in [-0.3, -0.25) is 9.59 Å². The van der Waals surface area contributed by atoms with Crippen LogP contribution in [0.15, 0.2) is 64.0 Å². The Morgan fingerprint density at radius 3 is 2.52 bits per heavy atom. The molecule has 1 aliphatic carbocycles. The van der Waals surface area contributed by atoms with Gasteiger partial charge in [-0.15, -0.1) is 0 Å². The molecule has 0 atom stereocenters. The number of rotatable bonds is 4. The molecule has 0 saturated heterocycles. The van der Waals surface area contributed by atoms with Gasteiger partial charge in [0.1, 0.15) is 11.3 Å². The van der Waals surface area contributed by atoms with Crippen LogP contribution in [0.3, 0.4) is 0 Å². The first kappa shape index (κ1) is 19.2. The smallest absolute Gasteiger partial charge is 0.264 e. The van der Waals surface area contributed by atoms with E-state index in [2.05, 4.69) is 0 Å². The first-order valence-electron chi connectivity index (χ1n) is 10.3. The average molecular weight is 390 g/mol. The van der Waals surface area contributed by atoms with Gasteiger partial charge >= 0.3 is 0 Å². The predicted octanol–water partition coefficient (Wildman–Crippen LogP) is 4.43. The number of carbonyl (C=O) groups is 1. The Hall–Kier alpha value is -3.08. The number of para-hydroxylation sites is 1. The number of hydrogen-bond acceptors (Lipinski definition) is 3. The summed E-state index contributed by atoms with van der Waals surface area (Å²) in [5.74, 6) is 0.441. The van der Waals surface area contributed by atoms with E-state index < -0.39 is 0 Å². The summed E-state index contributed by atoms with van der Waals surface area (Å²) in [5.41, 5.74) is 2.91. The minimum Gasteiger partial charge on any atom is -0.467 e. The number of amides is 1. The van der Waals surface area contributed by atoms with Crippen molar-refractivity contribution in [3.63, 3.8) is 0 Å². The zero-order chi connectivity index (χ0) is 20.2. The quantitative estimate of drug-likeness (QED) is 0.662. The third-order valence-corrected chi connectivity index (χ3v) is 5.67. The highest BCUT2D eigenvalue weighted by atomic mass is 16.3.